The predicted molar refractivity (Wildman–Crippen MR) is 88.1 cm³/mol. The van der Waals surface area contributed by atoms with Crippen LogP contribution in [0.2, 0.25) is 5.02 Å². The molecule has 140 valence electrons. The van der Waals surface area contributed by atoms with E-state index >= 15 is 0 Å². The van der Waals surface area contributed by atoms with Gasteiger partial charge in [0.05, 0.1) is 10.6 Å². The Hall–Kier alpha value is -0.870. The average molecular weight is 398 g/mol. The molecule has 0 amide bonds. The SMILES string of the molecule is O=S(=O)(c1ccc(C(F)(F)F)cc1Cl)N1CCC(N2CCNCC2)C1. The van der Waals surface area contributed by atoms with Crippen LogP contribution in [0.5, 0.6) is 0 Å². The third-order valence-corrected chi connectivity index (χ3v) is 7.02. The molecule has 2 heterocycles. The molecule has 0 aromatic heterocycles. The first-order chi connectivity index (χ1) is 11.7. The van der Waals surface area contributed by atoms with E-state index in [1.165, 1.54) is 4.31 Å². The normalized spacial score (nSPS) is 23.9. The highest BCUT2D eigenvalue weighted by Crippen LogP contribution is 2.35. The Morgan fingerprint density at radius 3 is 2.44 bits per heavy atom. The van der Waals surface area contributed by atoms with Gasteiger partial charge in [-0.1, -0.05) is 11.6 Å². The van der Waals surface area contributed by atoms with E-state index in [1.54, 1.807) is 0 Å². The molecular weight excluding hydrogens is 379 g/mol. The van der Waals surface area contributed by atoms with E-state index in [-0.39, 0.29) is 10.9 Å². The molecule has 1 aromatic rings. The number of nitrogens with zero attached hydrogens (tertiary/aromatic N) is 2. The molecule has 1 aromatic carbocycles. The van der Waals surface area contributed by atoms with Crippen LogP contribution < -0.4 is 5.32 Å². The lowest BCUT2D eigenvalue weighted by Gasteiger charge is -2.32. The summed E-state index contributed by atoms with van der Waals surface area (Å²) in [7, 11) is -3.91. The summed E-state index contributed by atoms with van der Waals surface area (Å²) in [5.41, 5.74) is -0.962. The Bertz CT molecular complexity index is 736. The van der Waals surface area contributed by atoms with Gasteiger partial charge in [-0.2, -0.15) is 17.5 Å². The minimum atomic E-state index is -4.56. The van der Waals surface area contributed by atoms with E-state index in [0.29, 0.717) is 25.6 Å². The predicted octanol–water partition coefficient (Wildman–Crippen LogP) is 2.03. The summed E-state index contributed by atoms with van der Waals surface area (Å²) in [6, 6.07) is 2.49. The summed E-state index contributed by atoms with van der Waals surface area (Å²) in [6.45, 7) is 4.13. The van der Waals surface area contributed by atoms with Crippen molar-refractivity contribution >= 4 is 21.6 Å². The molecule has 10 heteroatoms. The fraction of sp³-hybridized carbons (Fsp3) is 0.600. The van der Waals surface area contributed by atoms with Crippen molar-refractivity contribution in [3.63, 3.8) is 0 Å². The lowest BCUT2D eigenvalue weighted by atomic mass is 10.2. The molecule has 2 aliphatic rings. The third kappa shape index (κ3) is 3.95. The molecule has 0 saturated carbocycles. The second-order valence-corrected chi connectivity index (χ2v) is 8.55. The van der Waals surface area contributed by atoms with E-state index < -0.39 is 26.8 Å². The summed E-state index contributed by atoms with van der Waals surface area (Å²) >= 11 is 5.86. The van der Waals surface area contributed by atoms with Crippen molar-refractivity contribution in [2.24, 2.45) is 0 Å². The fourth-order valence-electron chi connectivity index (χ4n) is 3.30. The summed E-state index contributed by atoms with van der Waals surface area (Å²) in [4.78, 5) is 1.98. The topological polar surface area (TPSA) is 52.7 Å². The minimum absolute atomic E-state index is 0.130. The zero-order valence-electron chi connectivity index (χ0n) is 13.4. The van der Waals surface area contributed by atoms with Crippen molar-refractivity contribution < 1.29 is 21.6 Å². The van der Waals surface area contributed by atoms with Crippen LogP contribution in [0.15, 0.2) is 23.1 Å². The summed E-state index contributed by atoms with van der Waals surface area (Å²) in [6.07, 6.45) is -3.86. The molecular formula is C15H19ClF3N3O2S. The van der Waals surface area contributed by atoms with Crippen LogP contribution in [0.1, 0.15) is 12.0 Å². The first-order valence-corrected chi connectivity index (χ1v) is 9.83. The molecule has 2 aliphatic heterocycles. The fourth-order valence-corrected chi connectivity index (χ4v) is 5.31. The molecule has 0 radical (unpaired) electrons. The van der Waals surface area contributed by atoms with Crippen LogP contribution in [0.4, 0.5) is 13.2 Å². The molecule has 3 rings (SSSR count). The van der Waals surface area contributed by atoms with E-state index in [0.717, 1.165) is 38.3 Å². The molecule has 2 fully saturated rings. The van der Waals surface area contributed by atoms with E-state index in [9.17, 15) is 21.6 Å². The number of nitrogens with one attached hydrogen (secondary N) is 1. The Kier molecular flexibility index (Phi) is 5.32. The van der Waals surface area contributed by atoms with Crippen molar-refractivity contribution in [2.45, 2.75) is 23.5 Å². The number of halogens is 4. The largest absolute Gasteiger partial charge is 0.416 e. The molecule has 25 heavy (non-hydrogen) atoms. The van der Waals surface area contributed by atoms with E-state index in [4.69, 9.17) is 11.6 Å². The van der Waals surface area contributed by atoms with Crippen molar-refractivity contribution in [3.8, 4) is 0 Å². The van der Waals surface area contributed by atoms with Gasteiger partial charge in [0.15, 0.2) is 0 Å². The first kappa shape index (κ1) is 18.9. The van der Waals surface area contributed by atoms with Gasteiger partial charge < -0.3 is 5.32 Å². The van der Waals surface area contributed by atoms with Gasteiger partial charge in [0.1, 0.15) is 4.90 Å². The number of piperazine rings is 1. The molecule has 0 bridgehead atoms. The molecule has 0 spiro atoms. The van der Waals surface area contributed by atoms with Gasteiger partial charge in [-0.05, 0) is 24.6 Å². The maximum Gasteiger partial charge on any atom is 0.416 e. The van der Waals surface area contributed by atoms with Crippen molar-refractivity contribution in [3.05, 3.63) is 28.8 Å². The maximum atomic E-state index is 12.8. The third-order valence-electron chi connectivity index (χ3n) is 4.67. The van der Waals surface area contributed by atoms with Crippen LogP contribution >= 0.6 is 11.6 Å². The zero-order valence-corrected chi connectivity index (χ0v) is 15.0. The molecule has 1 unspecified atom stereocenters. The minimum Gasteiger partial charge on any atom is -0.314 e. The highest BCUT2D eigenvalue weighted by molar-refractivity contribution is 7.89. The first-order valence-electron chi connectivity index (χ1n) is 8.01. The zero-order chi connectivity index (χ0) is 18.2. The summed E-state index contributed by atoms with van der Waals surface area (Å²) in [5.74, 6) is 0. The van der Waals surface area contributed by atoms with Crippen LogP contribution in [0, 0.1) is 0 Å². The smallest absolute Gasteiger partial charge is 0.314 e. The van der Waals surface area contributed by atoms with Gasteiger partial charge in [-0.15, -0.1) is 0 Å². The lowest BCUT2D eigenvalue weighted by molar-refractivity contribution is -0.137. The van der Waals surface area contributed by atoms with Crippen LogP contribution in [-0.4, -0.2) is 62.9 Å². The second-order valence-electron chi connectivity index (χ2n) is 6.23. The molecule has 2 saturated heterocycles. The van der Waals surface area contributed by atoms with Gasteiger partial charge >= 0.3 is 6.18 Å². The maximum absolute atomic E-state index is 12.8. The molecule has 5 nitrogen and oxygen atoms in total. The van der Waals surface area contributed by atoms with Crippen molar-refractivity contribution in [1.29, 1.82) is 0 Å². The molecule has 0 aliphatic carbocycles. The average Bonchev–Trinajstić information content (AvgIpc) is 3.05. The van der Waals surface area contributed by atoms with Gasteiger partial charge in [0.25, 0.3) is 0 Å². The summed E-state index contributed by atoms with van der Waals surface area (Å²) in [5, 5.41) is 2.85. The van der Waals surface area contributed by atoms with E-state index in [2.05, 4.69) is 10.2 Å². The van der Waals surface area contributed by atoms with Gasteiger partial charge in [-0.25, -0.2) is 8.42 Å². The quantitative estimate of drug-likeness (QED) is 0.848. The number of hydrogen-bond donors (Lipinski definition) is 1. The highest BCUT2D eigenvalue weighted by atomic mass is 35.5. The van der Waals surface area contributed by atoms with E-state index in [1.807, 2.05) is 0 Å². The number of alkyl halides is 3. The summed E-state index contributed by atoms with van der Waals surface area (Å²) < 4.78 is 65.0. The Balaban J connectivity index is 1.78. The highest BCUT2D eigenvalue weighted by Gasteiger charge is 2.37. The van der Waals surface area contributed by atoms with Gasteiger partial charge in [0.2, 0.25) is 10.0 Å². The van der Waals surface area contributed by atoms with Crippen LogP contribution in [0.25, 0.3) is 0 Å². The van der Waals surface area contributed by atoms with Crippen molar-refractivity contribution in [2.75, 3.05) is 39.3 Å². The number of sulfonamides is 1. The van der Waals surface area contributed by atoms with Gasteiger partial charge in [0, 0.05) is 45.3 Å². The Labute approximate surface area is 149 Å². The van der Waals surface area contributed by atoms with Crippen molar-refractivity contribution in [1.82, 2.24) is 14.5 Å². The Morgan fingerprint density at radius 2 is 1.84 bits per heavy atom. The molecule has 1 atom stereocenters. The van der Waals surface area contributed by atoms with Crippen LogP contribution in [-0.2, 0) is 16.2 Å². The van der Waals surface area contributed by atoms with Crippen LogP contribution in [0.3, 0.4) is 0 Å². The van der Waals surface area contributed by atoms with Gasteiger partial charge in [-0.3, -0.25) is 4.90 Å². The lowest BCUT2D eigenvalue weighted by Crippen LogP contribution is -2.49. The monoisotopic (exact) mass is 397 g/mol. The standard InChI is InChI=1S/C15H19ClF3N3O2S/c16-13-9-11(15(17,18)19)1-2-14(13)25(23,24)22-6-3-12(10-22)21-7-4-20-5-8-21/h1-2,9,12,20H,3-8,10H2. The number of benzene rings is 1. The number of rotatable bonds is 3. The second kappa shape index (κ2) is 7.03. The number of hydrogen-bond acceptors (Lipinski definition) is 4. The molecule has 1 N–H and O–H groups in total. The Morgan fingerprint density at radius 1 is 1.16 bits per heavy atom.